The van der Waals surface area contributed by atoms with Crippen molar-refractivity contribution in [3.05, 3.63) is 30.2 Å². The van der Waals surface area contributed by atoms with Gasteiger partial charge in [0.25, 0.3) is 5.91 Å². The first-order valence-electron chi connectivity index (χ1n) is 7.61. The van der Waals surface area contributed by atoms with Gasteiger partial charge in [-0.15, -0.1) is 0 Å². The summed E-state index contributed by atoms with van der Waals surface area (Å²) in [5, 5.41) is 3.83. The molecule has 1 amide bonds. The molecule has 0 N–H and O–H groups in total. The molecule has 22 heavy (non-hydrogen) atoms. The van der Waals surface area contributed by atoms with Crippen LogP contribution in [0.1, 0.15) is 36.2 Å². The summed E-state index contributed by atoms with van der Waals surface area (Å²) in [6.45, 7) is 1.48. The van der Waals surface area contributed by atoms with E-state index in [2.05, 4.69) is 5.16 Å². The highest BCUT2D eigenvalue weighted by Crippen LogP contribution is 2.21. The van der Waals surface area contributed by atoms with Crippen molar-refractivity contribution >= 4 is 5.91 Å². The quantitative estimate of drug-likeness (QED) is 0.849. The average molecular weight is 304 g/mol. The topological polar surface area (TPSA) is 68.7 Å². The zero-order valence-electron chi connectivity index (χ0n) is 12.7. The maximum Gasteiger partial charge on any atom is 0.275 e. The van der Waals surface area contributed by atoms with Crippen LogP contribution < -0.4 is 0 Å². The third-order valence-corrected chi connectivity index (χ3v) is 3.90. The first-order chi connectivity index (χ1) is 10.7. The summed E-state index contributed by atoms with van der Waals surface area (Å²) in [7, 11) is 1.77. The molecule has 1 atom stereocenters. The predicted octanol–water partition coefficient (Wildman–Crippen LogP) is 2.97. The van der Waals surface area contributed by atoms with Gasteiger partial charge in [0.15, 0.2) is 11.5 Å². The molecule has 3 rings (SSSR count). The molecule has 6 heteroatoms. The second kappa shape index (κ2) is 6.79. The molecule has 1 aliphatic rings. The van der Waals surface area contributed by atoms with Crippen LogP contribution in [0.5, 0.6) is 0 Å². The normalized spacial score (nSPS) is 18.3. The van der Waals surface area contributed by atoms with E-state index in [4.69, 9.17) is 13.7 Å². The van der Waals surface area contributed by atoms with Crippen molar-refractivity contribution in [2.24, 2.45) is 0 Å². The lowest BCUT2D eigenvalue weighted by Crippen LogP contribution is -2.31. The van der Waals surface area contributed by atoms with E-state index in [1.807, 2.05) is 0 Å². The lowest BCUT2D eigenvalue weighted by molar-refractivity contribution is 0.00703. The third kappa shape index (κ3) is 3.39. The Bertz CT molecular complexity index is 599. The Morgan fingerprint density at radius 3 is 3.05 bits per heavy atom. The van der Waals surface area contributed by atoms with Gasteiger partial charge in [0.2, 0.25) is 5.76 Å². The van der Waals surface area contributed by atoms with Crippen LogP contribution in [0, 0.1) is 0 Å². The number of amides is 1. The number of nitrogens with zero attached hydrogens (tertiary/aromatic N) is 2. The Morgan fingerprint density at radius 2 is 2.32 bits per heavy atom. The lowest BCUT2D eigenvalue weighted by atomic mass is 10.1. The van der Waals surface area contributed by atoms with Gasteiger partial charge in [0, 0.05) is 26.3 Å². The summed E-state index contributed by atoms with van der Waals surface area (Å²) in [4.78, 5) is 14.0. The Labute approximate surface area is 129 Å². The van der Waals surface area contributed by atoms with E-state index in [0.717, 1.165) is 25.9 Å². The van der Waals surface area contributed by atoms with Gasteiger partial charge in [-0.2, -0.15) is 0 Å². The van der Waals surface area contributed by atoms with Crippen LogP contribution in [0.3, 0.4) is 0 Å². The molecule has 2 aromatic rings. The van der Waals surface area contributed by atoms with Crippen molar-refractivity contribution in [1.29, 1.82) is 0 Å². The minimum atomic E-state index is -0.155. The molecule has 1 saturated heterocycles. The Hall–Kier alpha value is -2.08. The van der Waals surface area contributed by atoms with Crippen molar-refractivity contribution in [2.75, 3.05) is 20.2 Å². The van der Waals surface area contributed by atoms with Gasteiger partial charge in [-0.25, -0.2) is 0 Å². The largest absolute Gasteiger partial charge is 0.461 e. The SMILES string of the molecule is CN(CCC1CCCCO1)C(=O)c1cc(-c2ccco2)on1. The fraction of sp³-hybridized carbons (Fsp3) is 0.500. The number of hydrogen-bond acceptors (Lipinski definition) is 5. The monoisotopic (exact) mass is 304 g/mol. The first-order valence-corrected chi connectivity index (χ1v) is 7.61. The van der Waals surface area contributed by atoms with Crippen LogP contribution in [0.15, 0.2) is 33.4 Å². The van der Waals surface area contributed by atoms with E-state index in [9.17, 15) is 4.79 Å². The summed E-state index contributed by atoms with van der Waals surface area (Å²) in [5.74, 6) is 0.861. The van der Waals surface area contributed by atoms with Crippen LogP contribution >= 0.6 is 0 Å². The number of rotatable bonds is 5. The molecule has 0 bridgehead atoms. The molecule has 0 radical (unpaired) electrons. The summed E-state index contributed by atoms with van der Waals surface area (Å²) in [6.07, 6.45) is 6.09. The average Bonchev–Trinajstić information content (AvgIpc) is 3.23. The van der Waals surface area contributed by atoms with Crippen LogP contribution in [-0.4, -0.2) is 42.3 Å². The second-order valence-electron chi connectivity index (χ2n) is 5.56. The van der Waals surface area contributed by atoms with E-state index >= 15 is 0 Å². The van der Waals surface area contributed by atoms with Gasteiger partial charge in [0.1, 0.15) is 0 Å². The highest BCUT2D eigenvalue weighted by molar-refractivity contribution is 5.92. The molecule has 0 aliphatic carbocycles. The number of aromatic nitrogens is 1. The van der Waals surface area contributed by atoms with Crippen LogP contribution in [0.25, 0.3) is 11.5 Å². The molecule has 118 valence electrons. The third-order valence-electron chi connectivity index (χ3n) is 3.90. The smallest absolute Gasteiger partial charge is 0.275 e. The molecular weight excluding hydrogens is 284 g/mol. The lowest BCUT2D eigenvalue weighted by Gasteiger charge is -2.24. The predicted molar refractivity (Wildman–Crippen MR) is 79.4 cm³/mol. The van der Waals surface area contributed by atoms with E-state index < -0.39 is 0 Å². The molecular formula is C16H20N2O4. The maximum absolute atomic E-state index is 12.3. The van der Waals surface area contributed by atoms with Gasteiger partial charge < -0.3 is 18.6 Å². The Balaban J connectivity index is 1.56. The van der Waals surface area contributed by atoms with Gasteiger partial charge in [-0.3, -0.25) is 4.79 Å². The minimum absolute atomic E-state index is 0.155. The van der Waals surface area contributed by atoms with Gasteiger partial charge in [-0.1, -0.05) is 5.16 Å². The minimum Gasteiger partial charge on any atom is -0.461 e. The molecule has 1 unspecified atom stereocenters. The Morgan fingerprint density at radius 1 is 1.41 bits per heavy atom. The number of hydrogen-bond donors (Lipinski definition) is 0. The standard InChI is InChI=1S/C16H20N2O4/c1-18(8-7-12-5-2-3-9-20-12)16(19)13-11-15(22-17-13)14-6-4-10-21-14/h4,6,10-12H,2-3,5,7-9H2,1H3. The van der Waals surface area contributed by atoms with Crippen molar-refractivity contribution in [3.63, 3.8) is 0 Å². The molecule has 1 aliphatic heterocycles. The van der Waals surface area contributed by atoms with Crippen molar-refractivity contribution < 1.29 is 18.5 Å². The van der Waals surface area contributed by atoms with Crippen LogP contribution in [0.2, 0.25) is 0 Å². The van der Waals surface area contributed by atoms with E-state index in [1.54, 1.807) is 36.4 Å². The molecule has 1 fully saturated rings. The molecule has 0 saturated carbocycles. The summed E-state index contributed by atoms with van der Waals surface area (Å²) < 4.78 is 16.1. The molecule has 0 aromatic carbocycles. The summed E-state index contributed by atoms with van der Waals surface area (Å²) in [5.41, 5.74) is 0.290. The molecule has 0 spiro atoms. The van der Waals surface area contributed by atoms with E-state index in [1.165, 1.54) is 6.42 Å². The van der Waals surface area contributed by atoms with Crippen molar-refractivity contribution in [1.82, 2.24) is 10.1 Å². The fourth-order valence-corrected chi connectivity index (χ4v) is 2.58. The molecule has 6 nitrogen and oxygen atoms in total. The van der Waals surface area contributed by atoms with Gasteiger partial charge in [-0.05, 0) is 37.8 Å². The highest BCUT2D eigenvalue weighted by Gasteiger charge is 2.20. The highest BCUT2D eigenvalue weighted by atomic mass is 16.5. The number of furan rings is 1. The van der Waals surface area contributed by atoms with Crippen molar-refractivity contribution in [2.45, 2.75) is 31.8 Å². The van der Waals surface area contributed by atoms with Crippen LogP contribution in [0.4, 0.5) is 0 Å². The van der Waals surface area contributed by atoms with Crippen molar-refractivity contribution in [3.8, 4) is 11.5 Å². The van der Waals surface area contributed by atoms with Gasteiger partial charge >= 0.3 is 0 Å². The zero-order valence-corrected chi connectivity index (χ0v) is 12.7. The number of ether oxygens (including phenoxy) is 1. The van der Waals surface area contributed by atoms with Crippen LogP contribution in [-0.2, 0) is 4.74 Å². The fourth-order valence-electron chi connectivity index (χ4n) is 2.58. The summed E-state index contributed by atoms with van der Waals surface area (Å²) in [6, 6.07) is 5.13. The number of carbonyl (C=O) groups excluding carboxylic acids is 1. The van der Waals surface area contributed by atoms with E-state index in [-0.39, 0.29) is 12.0 Å². The number of carbonyl (C=O) groups is 1. The first kappa shape index (κ1) is 14.8. The van der Waals surface area contributed by atoms with Gasteiger partial charge in [0.05, 0.1) is 12.4 Å². The molecule has 2 aromatic heterocycles. The maximum atomic E-state index is 12.3. The summed E-state index contributed by atoms with van der Waals surface area (Å²) >= 11 is 0. The van der Waals surface area contributed by atoms with E-state index in [0.29, 0.717) is 23.8 Å². The zero-order chi connectivity index (χ0) is 15.4. The second-order valence-corrected chi connectivity index (χ2v) is 5.56. The Kier molecular flexibility index (Phi) is 4.58. The molecule has 3 heterocycles.